The van der Waals surface area contributed by atoms with Gasteiger partial charge in [0.05, 0.1) is 0 Å². The largest absolute Gasteiger partial charge is 0.351 e. The molecule has 4 atom stereocenters. The molecule has 0 bridgehead atoms. The van der Waals surface area contributed by atoms with Crippen molar-refractivity contribution in [3.63, 3.8) is 0 Å². The fraction of sp³-hybridized carbons (Fsp3) is 0.611. The summed E-state index contributed by atoms with van der Waals surface area (Å²) in [5, 5.41) is 0. The molecule has 2 fully saturated rings. The standard InChI is InChI=1S/C18H24O4/c1-13(16(19)14-8-4-3-5-9-14)12-15-10-6-7-11-18(15)17(20-2)21-22-18/h3-5,8-9,13,15,17H,6-7,10-12H2,1-2H3/t13?,15-,17?,18?/m0/s1. The maximum absolute atomic E-state index is 12.6. The van der Waals surface area contributed by atoms with Crippen molar-refractivity contribution in [2.45, 2.75) is 50.9 Å². The molecule has 4 nitrogen and oxygen atoms in total. The lowest BCUT2D eigenvalue weighted by Gasteiger charge is -2.52. The highest BCUT2D eigenvalue weighted by molar-refractivity contribution is 5.97. The molecular weight excluding hydrogens is 280 g/mol. The average molecular weight is 304 g/mol. The quantitative estimate of drug-likeness (QED) is 0.614. The Balaban J connectivity index is 1.69. The Bertz CT molecular complexity index is 513. The smallest absolute Gasteiger partial charge is 0.223 e. The second kappa shape index (κ2) is 6.49. The highest BCUT2D eigenvalue weighted by Crippen LogP contribution is 2.49. The van der Waals surface area contributed by atoms with Gasteiger partial charge in [-0.15, -0.1) is 0 Å². The van der Waals surface area contributed by atoms with E-state index in [0.29, 0.717) is 5.92 Å². The highest BCUT2D eigenvalue weighted by Gasteiger charge is 2.58. The summed E-state index contributed by atoms with van der Waals surface area (Å²) in [5.74, 6) is 0.488. The van der Waals surface area contributed by atoms with Crippen LogP contribution in [-0.4, -0.2) is 24.8 Å². The Kier molecular flexibility index (Phi) is 4.62. The molecule has 120 valence electrons. The summed E-state index contributed by atoms with van der Waals surface area (Å²) in [4.78, 5) is 23.2. The number of methoxy groups -OCH3 is 1. The number of ether oxygens (including phenoxy) is 1. The molecule has 4 heteroatoms. The second-order valence-electron chi connectivity index (χ2n) is 6.51. The van der Waals surface area contributed by atoms with Gasteiger partial charge in [-0.2, -0.15) is 0 Å². The third-order valence-electron chi connectivity index (χ3n) is 5.11. The van der Waals surface area contributed by atoms with Crippen molar-refractivity contribution in [3.8, 4) is 0 Å². The van der Waals surface area contributed by atoms with E-state index in [1.165, 1.54) is 6.42 Å². The molecule has 1 saturated carbocycles. The van der Waals surface area contributed by atoms with E-state index < -0.39 is 0 Å². The van der Waals surface area contributed by atoms with Gasteiger partial charge in [0.2, 0.25) is 6.29 Å². The third-order valence-corrected chi connectivity index (χ3v) is 5.11. The fourth-order valence-corrected chi connectivity index (χ4v) is 3.85. The summed E-state index contributed by atoms with van der Waals surface area (Å²) in [5.41, 5.74) is 0.437. The summed E-state index contributed by atoms with van der Waals surface area (Å²) in [7, 11) is 1.65. The lowest BCUT2D eigenvalue weighted by Crippen LogP contribution is -2.63. The first kappa shape index (κ1) is 15.7. The Hall–Kier alpha value is -1.23. The first-order valence-electron chi connectivity index (χ1n) is 8.14. The monoisotopic (exact) mass is 304 g/mol. The van der Waals surface area contributed by atoms with E-state index in [0.717, 1.165) is 31.2 Å². The molecule has 3 rings (SSSR count). The third kappa shape index (κ3) is 2.71. The van der Waals surface area contributed by atoms with Crippen LogP contribution < -0.4 is 0 Å². The molecule has 0 radical (unpaired) electrons. The predicted octanol–water partition coefficient (Wildman–Crippen LogP) is 3.76. The number of benzene rings is 1. The first-order chi connectivity index (χ1) is 10.7. The van der Waals surface area contributed by atoms with Crippen LogP contribution in [0, 0.1) is 11.8 Å². The molecule has 1 aromatic rings. The summed E-state index contributed by atoms with van der Waals surface area (Å²) in [6, 6.07) is 9.52. The highest BCUT2D eigenvalue weighted by atomic mass is 17.3. The molecule has 0 N–H and O–H groups in total. The van der Waals surface area contributed by atoms with Gasteiger partial charge in [0.1, 0.15) is 0 Å². The minimum absolute atomic E-state index is 0.0240. The first-order valence-corrected chi connectivity index (χ1v) is 8.14. The van der Waals surface area contributed by atoms with Crippen LogP contribution in [-0.2, 0) is 14.5 Å². The molecule has 1 heterocycles. The maximum Gasteiger partial charge on any atom is 0.223 e. The van der Waals surface area contributed by atoms with Crippen molar-refractivity contribution in [1.82, 2.24) is 0 Å². The van der Waals surface area contributed by atoms with Crippen LogP contribution in [0.2, 0.25) is 0 Å². The van der Waals surface area contributed by atoms with Crippen molar-refractivity contribution < 1.29 is 19.3 Å². The molecule has 2 aliphatic rings. The molecule has 0 amide bonds. The Morgan fingerprint density at radius 2 is 2.14 bits per heavy atom. The van der Waals surface area contributed by atoms with E-state index in [-0.39, 0.29) is 23.6 Å². The second-order valence-corrected chi connectivity index (χ2v) is 6.51. The number of ketones is 1. The molecule has 1 aliphatic heterocycles. The lowest BCUT2D eigenvalue weighted by atomic mass is 9.70. The minimum Gasteiger partial charge on any atom is -0.351 e. The summed E-state index contributed by atoms with van der Waals surface area (Å²) < 4.78 is 5.40. The number of carbonyl (C=O) groups is 1. The van der Waals surface area contributed by atoms with Crippen LogP contribution in [0.4, 0.5) is 0 Å². The zero-order valence-corrected chi connectivity index (χ0v) is 13.3. The van der Waals surface area contributed by atoms with Crippen LogP contribution >= 0.6 is 0 Å². The van der Waals surface area contributed by atoms with E-state index in [9.17, 15) is 4.79 Å². The SMILES string of the molecule is COC1OOC12CCCC[C@H]2CC(C)C(=O)c1ccccc1. The number of hydrogen-bond donors (Lipinski definition) is 0. The average Bonchev–Trinajstić information content (AvgIpc) is 2.55. The van der Waals surface area contributed by atoms with Gasteiger partial charge in [0.25, 0.3) is 0 Å². The number of carbonyl (C=O) groups excluding carboxylic acids is 1. The molecule has 1 aliphatic carbocycles. The zero-order valence-electron chi connectivity index (χ0n) is 13.3. The van der Waals surface area contributed by atoms with Gasteiger partial charge in [-0.1, -0.05) is 50.1 Å². The predicted molar refractivity (Wildman–Crippen MR) is 82.2 cm³/mol. The molecule has 1 aromatic carbocycles. The maximum atomic E-state index is 12.6. The van der Waals surface area contributed by atoms with Crippen LogP contribution in [0.5, 0.6) is 0 Å². The van der Waals surface area contributed by atoms with Crippen molar-refractivity contribution >= 4 is 5.78 Å². The van der Waals surface area contributed by atoms with E-state index in [1.807, 2.05) is 37.3 Å². The Morgan fingerprint density at radius 3 is 2.77 bits per heavy atom. The molecule has 1 spiro atoms. The van der Waals surface area contributed by atoms with E-state index in [4.69, 9.17) is 14.5 Å². The van der Waals surface area contributed by atoms with Gasteiger partial charge in [-0.05, 0) is 25.2 Å². The lowest BCUT2D eigenvalue weighted by molar-refractivity contribution is -0.571. The van der Waals surface area contributed by atoms with Gasteiger partial charge in [-0.3, -0.25) is 4.79 Å². The molecular formula is C18H24O4. The van der Waals surface area contributed by atoms with Crippen LogP contribution in [0.1, 0.15) is 49.4 Å². The van der Waals surface area contributed by atoms with E-state index >= 15 is 0 Å². The summed E-state index contributed by atoms with van der Waals surface area (Å²) >= 11 is 0. The number of hydrogen-bond acceptors (Lipinski definition) is 4. The molecule has 22 heavy (non-hydrogen) atoms. The zero-order chi connectivity index (χ0) is 15.6. The van der Waals surface area contributed by atoms with Gasteiger partial charge in [-0.25, -0.2) is 9.78 Å². The molecule has 3 unspecified atom stereocenters. The minimum atomic E-state index is -0.349. The molecule has 1 saturated heterocycles. The van der Waals surface area contributed by atoms with Gasteiger partial charge in [0.15, 0.2) is 11.4 Å². The fourth-order valence-electron chi connectivity index (χ4n) is 3.85. The summed E-state index contributed by atoms with van der Waals surface area (Å²) in [6.45, 7) is 2.01. The van der Waals surface area contributed by atoms with Gasteiger partial charge >= 0.3 is 0 Å². The van der Waals surface area contributed by atoms with Crippen LogP contribution in [0.15, 0.2) is 30.3 Å². The number of rotatable bonds is 5. The Labute approximate surface area is 131 Å². The van der Waals surface area contributed by atoms with Gasteiger partial charge < -0.3 is 4.74 Å². The van der Waals surface area contributed by atoms with Crippen LogP contribution in [0.25, 0.3) is 0 Å². The van der Waals surface area contributed by atoms with Crippen molar-refractivity contribution in [1.29, 1.82) is 0 Å². The van der Waals surface area contributed by atoms with E-state index in [2.05, 4.69) is 0 Å². The number of Topliss-reactive ketones (excluding diaryl/α,β-unsaturated/α-hetero) is 1. The van der Waals surface area contributed by atoms with Crippen molar-refractivity contribution in [3.05, 3.63) is 35.9 Å². The van der Waals surface area contributed by atoms with Gasteiger partial charge in [0, 0.05) is 18.6 Å². The van der Waals surface area contributed by atoms with Crippen molar-refractivity contribution in [2.75, 3.05) is 7.11 Å². The van der Waals surface area contributed by atoms with E-state index in [1.54, 1.807) is 7.11 Å². The van der Waals surface area contributed by atoms with Crippen LogP contribution in [0.3, 0.4) is 0 Å². The topological polar surface area (TPSA) is 44.8 Å². The Morgan fingerprint density at radius 1 is 1.36 bits per heavy atom. The van der Waals surface area contributed by atoms with Crippen molar-refractivity contribution in [2.24, 2.45) is 11.8 Å². The summed E-state index contributed by atoms with van der Waals surface area (Å²) in [6.07, 6.45) is 4.84. The normalized spacial score (nSPS) is 32.5. The molecule has 0 aromatic heterocycles.